The molecule has 3 aromatic carbocycles. The number of benzene rings is 3. The lowest BCUT2D eigenvalue weighted by Gasteiger charge is -2.22. The van der Waals surface area contributed by atoms with Crippen LogP contribution < -0.4 is 0 Å². The molecule has 0 aliphatic heterocycles. The summed E-state index contributed by atoms with van der Waals surface area (Å²) in [6.07, 6.45) is 3.70. The molecule has 2 nitrogen and oxygen atoms in total. The van der Waals surface area contributed by atoms with Crippen LogP contribution in [0.2, 0.25) is 0 Å². The molecule has 4 heteroatoms. The number of allylic oxidation sites excluding steroid dienone is 1. The highest BCUT2D eigenvalue weighted by atomic mass is 79.9. The second kappa shape index (κ2) is 8.11. The Labute approximate surface area is 220 Å². The number of pyridine rings is 2. The third kappa shape index (κ3) is 3.20. The molecule has 0 spiro atoms. The number of halogens is 2. The molecule has 2 heterocycles. The van der Waals surface area contributed by atoms with Gasteiger partial charge >= 0.3 is 0 Å². The molecule has 2 aliphatic rings. The van der Waals surface area contributed by atoms with Crippen LogP contribution in [-0.2, 0) is 0 Å². The first kappa shape index (κ1) is 21.0. The molecule has 35 heavy (non-hydrogen) atoms. The monoisotopic (exact) mass is 575 g/mol. The van der Waals surface area contributed by atoms with E-state index < -0.39 is 0 Å². The molecule has 0 N–H and O–H groups in total. The SMILES string of the molecule is Brc1ccc2c(c1)C(=C([C]1c3cccnc3-c3ncccc31)c1ccccc1)c1cc(Br)ccc1-2. The first-order valence-electron chi connectivity index (χ1n) is 11.4. The Bertz CT molecular complexity index is 1570. The van der Waals surface area contributed by atoms with E-state index in [0.29, 0.717) is 0 Å². The zero-order valence-electron chi connectivity index (χ0n) is 18.5. The second-order valence-corrected chi connectivity index (χ2v) is 10.5. The molecule has 2 aromatic heterocycles. The van der Waals surface area contributed by atoms with Crippen LogP contribution >= 0.6 is 31.9 Å². The quantitative estimate of drug-likeness (QED) is 0.206. The average molecular weight is 577 g/mol. The number of rotatable bonds is 2. The van der Waals surface area contributed by atoms with Crippen molar-refractivity contribution in [3.05, 3.63) is 146 Å². The maximum atomic E-state index is 4.75. The molecular weight excluding hydrogens is 560 g/mol. The molecule has 5 aromatic rings. The van der Waals surface area contributed by atoms with Gasteiger partial charge < -0.3 is 0 Å². The minimum atomic E-state index is 0.939. The summed E-state index contributed by atoms with van der Waals surface area (Å²) in [5, 5.41) is 0. The van der Waals surface area contributed by atoms with Crippen LogP contribution in [0.25, 0.3) is 33.7 Å². The van der Waals surface area contributed by atoms with Gasteiger partial charge in [-0.05, 0) is 86.5 Å². The van der Waals surface area contributed by atoms with E-state index in [4.69, 9.17) is 9.97 Å². The minimum Gasteiger partial charge on any atom is -0.254 e. The summed E-state index contributed by atoms with van der Waals surface area (Å²) in [6, 6.07) is 32.2. The molecule has 0 saturated carbocycles. The molecule has 0 atom stereocenters. The zero-order chi connectivity index (χ0) is 23.5. The highest BCUT2D eigenvalue weighted by Crippen LogP contribution is 2.55. The summed E-state index contributed by atoms with van der Waals surface area (Å²) in [5.41, 5.74) is 12.6. The van der Waals surface area contributed by atoms with Crippen LogP contribution in [0.1, 0.15) is 27.8 Å². The molecule has 0 unspecified atom stereocenters. The maximum Gasteiger partial charge on any atom is 0.0934 e. The van der Waals surface area contributed by atoms with Gasteiger partial charge in [-0.25, -0.2) is 0 Å². The molecule has 0 saturated heterocycles. The lowest BCUT2D eigenvalue weighted by atomic mass is 9.80. The van der Waals surface area contributed by atoms with Crippen molar-refractivity contribution >= 4 is 43.0 Å². The standard InChI is InChI=1S/C31H17Br2N2/c32-19-10-12-21-22-13-11-20(33)17-26(22)29(25(21)16-19)27(18-6-2-1-3-7-18)28-23-8-4-14-34-30(23)31-24(28)9-5-15-35-31/h1-17H. The van der Waals surface area contributed by atoms with Crippen molar-refractivity contribution in [2.24, 2.45) is 0 Å². The second-order valence-electron chi connectivity index (χ2n) is 8.67. The van der Waals surface area contributed by atoms with Gasteiger partial charge in [0.1, 0.15) is 0 Å². The first-order valence-corrected chi connectivity index (χ1v) is 13.0. The summed E-state index contributed by atoms with van der Waals surface area (Å²) < 4.78 is 2.13. The Balaban J connectivity index is 1.65. The van der Waals surface area contributed by atoms with Gasteiger partial charge in [0.05, 0.1) is 17.3 Å². The molecule has 0 bridgehead atoms. The first-order chi connectivity index (χ1) is 17.2. The predicted octanol–water partition coefficient (Wildman–Crippen LogP) is 8.59. The maximum absolute atomic E-state index is 4.75. The van der Waals surface area contributed by atoms with Gasteiger partial charge in [0.15, 0.2) is 0 Å². The van der Waals surface area contributed by atoms with Crippen LogP contribution in [0.4, 0.5) is 0 Å². The summed E-state index contributed by atoms with van der Waals surface area (Å²) in [6.45, 7) is 0. The number of hydrogen-bond donors (Lipinski definition) is 0. The fourth-order valence-corrected chi connectivity index (χ4v) is 6.08. The van der Waals surface area contributed by atoms with Gasteiger partial charge in [-0.2, -0.15) is 0 Å². The Hall–Kier alpha value is -3.34. The third-order valence-corrected chi connectivity index (χ3v) is 7.72. The zero-order valence-corrected chi connectivity index (χ0v) is 21.6. The van der Waals surface area contributed by atoms with Gasteiger partial charge in [-0.3, -0.25) is 9.97 Å². The van der Waals surface area contributed by atoms with Crippen molar-refractivity contribution in [1.82, 2.24) is 9.97 Å². The fraction of sp³-hybridized carbons (Fsp3) is 0. The Morgan fingerprint density at radius 3 is 1.60 bits per heavy atom. The fourth-order valence-electron chi connectivity index (χ4n) is 5.36. The number of hydrogen-bond acceptors (Lipinski definition) is 2. The number of aromatic nitrogens is 2. The van der Waals surface area contributed by atoms with Crippen LogP contribution in [-0.4, -0.2) is 9.97 Å². The summed E-state index contributed by atoms with van der Waals surface area (Å²) in [7, 11) is 0. The molecule has 0 fully saturated rings. The van der Waals surface area contributed by atoms with E-state index >= 15 is 0 Å². The van der Waals surface area contributed by atoms with Crippen molar-refractivity contribution in [2.45, 2.75) is 0 Å². The van der Waals surface area contributed by atoms with Gasteiger partial charge in [-0.1, -0.05) is 86.5 Å². The third-order valence-electron chi connectivity index (χ3n) is 6.73. The Kier molecular flexibility index (Phi) is 4.86. The Morgan fingerprint density at radius 1 is 0.514 bits per heavy atom. The van der Waals surface area contributed by atoms with E-state index in [1.165, 1.54) is 44.9 Å². The van der Waals surface area contributed by atoms with E-state index in [1.54, 1.807) is 0 Å². The molecule has 7 rings (SSSR count). The van der Waals surface area contributed by atoms with E-state index in [-0.39, 0.29) is 0 Å². The lowest BCUT2D eigenvalue weighted by Crippen LogP contribution is -2.05. The predicted molar refractivity (Wildman–Crippen MR) is 149 cm³/mol. The van der Waals surface area contributed by atoms with Crippen molar-refractivity contribution in [3.63, 3.8) is 0 Å². The molecular formula is C31H17Br2N2. The number of fused-ring (bicyclic) bond motifs is 6. The van der Waals surface area contributed by atoms with Crippen LogP contribution in [0.3, 0.4) is 0 Å². The summed E-state index contributed by atoms with van der Waals surface area (Å²) in [4.78, 5) is 9.50. The van der Waals surface area contributed by atoms with Gasteiger partial charge in [0.25, 0.3) is 0 Å². The van der Waals surface area contributed by atoms with Crippen molar-refractivity contribution in [2.75, 3.05) is 0 Å². The Morgan fingerprint density at radius 2 is 1.06 bits per heavy atom. The molecule has 165 valence electrons. The highest BCUT2D eigenvalue weighted by Gasteiger charge is 2.38. The van der Waals surface area contributed by atoms with Crippen LogP contribution in [0.15, 0.2) is 112 Å². The number of nitrogens with zero attached hydrogens (tertiary/aromatic N) is 2. The van der Waals surface area contributed by atoms with E-state index in [2.05, 4.69) is 111 Å². The van der Waals surface area contributed by atoms with Crippen molar-refractivity contribution in [3.8, 4) is 22.5 Å². The van der Waals surface area contributed by atoms with Gasteiger partial charge in [-0.15, -0.1) is 0 Å². The van der Waals surface area contributed by atoms with E-state index in [1.807, 2.05) is 24.5 Å². The van der Waals surface area contributed by atoms with Gasteiger partial charge in [0.2, 0.25) is 0 Å². The topological polar surface area (TPSA) is 25.8 Å². The van der Waals surface area contributed by atoms with Gasteiger partial charge in [0, 0.05) is 21.3 Å². The summed E-state index contributed by atoms with van der Waals surface area (Å²) in [5.74, 6) is 1.18. The van der Waals surface area contributed by atoms with Crippen LogP contribution in [0.5, 0.6) is 0 Å². The minimum absolute atomic E-state index is 0.939. The molecule has 0 amide bonds. The van der Waals surface area contributed by atoms with Crippen LogP contribution in [0, 0.1) is 5.92 Å². The van der Waals surface area contributed by atoms with Crippen molar-refractivity contribution < 1.29 is 0 Å². The molecule has 1 radical (unpaired) electrons. The van der Waals surface area contributed by atoms with E-state index in [0.717, 1.165) is 31.5 Å². The normalized spacial score (nSPS) is 13.3. The average Bonchev–Trinajstić information content (AvgIpc) is 3.38. The summed E-state index contributed by atoms with van der Waals surface area (Å²) >= 11 is 7.47. The largest absolute Gasteiger partial charge is 0.254 e. The van der Waals surface area contributed by atoms with Crippen molar-refractivity contribution in [1.29, 1.82) is 0 Å². The van der Waals surface area contributed by atoms with E-state index in [9.17, 15) is 0 Å². The highest BCUT2D eigenvalue weighted by molar-refractivity contribution is 9.10. The molecule has 2 aliphatic carbocycles. The smallest absolute Gasteiger partial charge is 0.0934 e. The lowest BCUT2D eigenvalue weighted by molar-refractivity contribution is 1.26.